The molecule has 274 valence electrons. The second-order valence-electron chi connectivity index (χ2n) is 12.8. The van der Waals surface area contributed by atoms with E-state index in [1.54, 1.807) is 24.3 Å². The van der Waals surface area contributed by atoms with Gasteiger partial charge in [0.15, 0.2) is 11.6 Å². The first kappa shape index (κ1) is 34.9. The van der Waals surface area contributed by atoms with Crippen molar-refractivity contribution in [2.24, 2.45) is 0 Å². The summed E-state index contributed by atoms with van der Waals surface area (Å²) in [5.74, 6) is -0.0552. The van der Waals surface area contributed by atoms with E-state index in [0.29, 0.717) is 45.4 Å². The molecule has 0 atom stereocenters. The summed E-state index contributed by atoms with van der Waals surface area (Å²) < 4.78 is 84.2. The normalized spacial score (nSPS) is 12.0. The zero-order valence-corrected chi connectivity index (χ0v) is 30.7. The standard InChI is InChI=1S/C43H27F2N5O4S2/c44-28-12-20-32(21-13-28)55(51,52)34-24-16-30(17-25-34)49-40-10-3-1-6-36(40)47-42(49)38-8-5-9-39(46-38)43-48-37-7-2-4-11-41(37)50(43)31-18-26-35(27-19-31)56(53,54)33-22-14-29(45)15-23-33/h1-27H. The molecule has 0 radical (unpaired) electrons. The van der Waals surface area contributed by atoms with Gasteiger partial charge in [-0.05, 0) is 133 Å². The van der Waals surface area contributed by atoms with Crippen LogP contribution in [-0.2, 0) is 19.7 Å². The number of nitrogens with zero attached hydrogens (tertiary/aromatic N) is 5. The summed E-state index contributed by atoms with van der Waals surface area (Å²) in [6, 6.07) is 42.8. The number of rotatable bonds is 8. The third kappa shape index (κ3) is 6.03. The molecule has 13 heteroatoms. The van der Waals surface area contributed by atoms with Gasteiger partial charge in [-0.3, -0.25) is 9.13 Å². The van der Waals surface area contributed by atoms with Gasteiger partial charge in [0.2, 0.25) is 19.7 Å². The lowest BCUT2D eigenvalue weighted by atomic mass is 10.2. The Morgan fingerprint density at radius 2 is 0.714 bits per heavy atom. The van der Waals surface area contributed by atoms with Crippen molar-refractivity contribution in [2.75, 3.05) is 0 Å². The number of imidazole rings is 2. The second kappa shape index (κ2) is 13.5. The van der Waals surface area contributed by atoms with Crippen LogP contribution in [0.5, 0.6) is 0 Å². The Morgan fingerprint density at radius 3 is 1.09 bits per heavy atom. The van der Waals surface area contributed by atoms with E-state index in [4.69, 9.17) is 15.0 Å². The van der Waals surface area contributed by atoms with Crippen molar-refractivity contribution in [3.63, 3.8) is 0 Å². The van der Waals surface area contributed by atoms with Crippen LogP contribution in [0.2, 0.25) is 0 Å². The third-order valence-electron chi connectivity index (χ3n) is 9.39. The Balaban J connectivity index is 1.13. The van der Waals surface area contributed by atoms with Gasteiger partial charge < -0.3 is 0 Å². The van der Waals surface area contributed by atoms with Crippen molar-refractivity contribution in [3.8, 4) is 34.4 Å². The minimum absolute atomic E-state index is 0.0153. The second-order valence-corrected chi connectivity index (χ2v) is 16.7. The van der Waals surface area contributed by atoms with Crippen LogP contribution in [0.4, 0.5) is 8.78 Å². The molecule has 0 bridgehead atoms. The minimum atomic E-state index is -3.90. The SMILES string of the molecule is O=S(=O)(c1ccc(F)cc1)c1ccc(-n2c(-c3cccc(-c4nc5ccccc5n4-c4ccc(S(=O)(=O)c5ccc(F)cc5)cc4)n3)nc3ccccc32)cc1. The van der Waals surface area contributed by atoms with E-state index < -0.39 is 31.3 Å². The number of pyridine rings is 1. The Hall–Kier alpha value is -6.83. The molecule has 9 nitrogen and oxygen atoms in total. The number of para-hydroxylation sites is 4. The van der Waals surface area contributed by atoms with Gasteiger partial charge in [0.25, 0.3) is 0 Å². The molecular formula is C43H27F2N5O4S2. The van der Waals surface area contributed by atoms with Gasteiger partial charge in [0, 0.05) is 11.4 Å². The highest BCUT2D eigenvalue weighted by atomic mass is 32.2. The van der Waals surface area contributed by atoms with Gasteiger partial charge in [0.1, 0.15) is 23.0 Å². The van der Waals surface area contributed by atoms with Crippen LogP contribution in [0, 0.1) is 11.6 Å². The zero-order chi connectivity index (χ0) is 38.6. The Kier molecular flexibility index (Phi) is 8.40. The fourth-order valence-electron chi connectivity index (χ4n) is 6.65. The fourth-order valence-corrected chi connectivity index (χ4v) is 9.17. The van der Waals surface area contributed by atoms with Crippen molar-refractivity contribution >= 4 is 41.7 Å². The molecule has 9 rings (SSSR count). The molecule has 0 aliphatic rings. The number of hydrogen-bond acceptors (Lipinski definition) is 7. The summed E-state index contributed by atoms with van der Waals surface area (Å²) in [6.07, 6.45) is 0. The van der Waals surface area contributed by atoms with Crippen LogP contribution in [0.15, 0.2) is 183 Å². The third-order valence-corrected chi connectivity index (χ3v) is 13.0. The summed E-state index contributed by atoms with van der Waals surface area (Å²) in [5.41, 5.74) is 5.24. The fraction of sp³-hybridized carbons (Fsp3) is 0. The lowest BCUT2D eigenvalue weighted by molar-refractivity contribution is 0.592. The maximum absolute atomic E-state index is 13.5. The predicted octanol–water partition coefficient (Wildman–Crippen LogP) is 9.04. The van der Waals surface area contributed by atoms with Crippen molar-refractivity contribution in [2.45, 2.75) is 19.6 Å². The van der Waals surface area contributed by atoms with Gasteiger partial charge in [-0.1, -0.05) is 30.3 Å². The highest BCUT2D eigenvalue weighted by Gasteiger charge is 2.23. The topological polar surface area (TPSA) is 117 Å². The summed E-state index contributed by atoms with van der Waals surface area (Å²) in [6.45, 7) is 0. The molecule has 0 saturated carbocycles. The van der Waals surface area contributed by atoms with Gasteiger partial charge in [0.05, 0.1) is 41.6 Å². The van der Waals surface area contributed by atoms with E-state index in [1.807, 2.05) is 75.9 Å². The van der Waals surface area contributed by atoms with Crippen LogP contribution < -0.4 is 0 Å². The molecular weight excluding hydrogens is 753 g/mol. The molecule has 6 aromatic carbocycles. The van der Waals surface area contributed by atoms with Crippen LogP contribution in [0.1, 0.15) is 0 Å². The summed E-state index contributed by atoms with van der Waals surface area (Å²) >= 11 is 0. The highest BCUT2D eigenvalue weighted by molar-refractivity contribution is 7.91. The van der Waals surface area contributed by atoms with E-state index in [2.05, 4.69) is 0 Å². The average Bonchev–Trinajstić information content (AvgIpc) is 3.81. The van der Waals surface area contributed by atoms with E-state index in [-0.39, 0.29) is 19.6 Å². The molecule has 0 fully saturated rings. The predicted molar refractivity (Wildman–Crippen MR) is 208 cm³/mol. The maximum atomic E-state index is 13.5. The van der Waals surface area contributed by atoms with Crippen molar-refractivity contribution < 1.29 is 25.6 Å². The lowest BCUT2D eigenvalue weighted by Gasteiger charge is -2.13. The van der Waals surface area contributed by atoms with Crippen LogP contribution in [0.25, 0.3) is 56.5 Å². The summed E-state index contributed by atoms with van der Waals surface area (Å²) in [4.78, 5) is 15.0. The number of benzene rings is 6. The number of hydrogen-bond donors (Lipinski definition) is 0. The summed E-state index contributed by atoms with van der Waals surface area (Å²) in [5, 5.41) is 0. The maximum Gasteiger partial charge on any atom is 0.206 e. The van der Waals surface area contributed by atoms with Gasteiger partial charge in [-0.25, -0.2) is 40.6 Å². The molecule has 0 unspecified atom stereocenters. The first-order valence-electron chi connectivity index (χ1n) is 17.2. The van der Waals surface area contributed by atoms with Gasteiger partial charge in [-0.2, -0.15) is 0 Å². The summed E-state index contributed by atoms with van der Waals surface area (Å²) in [7, 11) is -7.80. The Bertz CT molecular complexity index is 2950. The molecule has 0 spiro atoms. The first-order valence-corrected chi connectivity index (χ1v) is 20.2. The van der Waals surface area contributed by atoms with E-state index in [1.165, 1.54) is 48.5 Å². The molecule has 0 aliphatic heterocycles. The monoisotopic (exact) mass is 779 g/mol. The largest absolute Gasteiger partial charge is 0.291 e. The molecule has 0 N–H and O–H groups in total. The lowest BCUT2D eigenvalue weighted by Crippen LogP contribution is -2.04. The minimum Gasteiger partial charge on any atom is -0.291 e. The molecule has 56 heavy (non-hydrogen) atoms. The molecule has 0 amide bonds. The van der Waals surface area contributed by atoms with Crippen molar-refractivity contribution in [1.29, 1.82) is 0 Å². The molecule has 9 aromatic rings. The quantitative estimate of drug-likeness (QED) is 0.141. The first-order chi connectivity index (χ1) is 27.1. The Labute approximate surface area is 319 Å². The number of sulfone groups is 2. The van der Waals surface area contributed by atoms with E-state index in [9.17, 15) is 25.6 Å². The molecule has 3 aromatic heterocycles. The van der Waals surface area contributed by atoms with Crippen LogP contribution in [0.3, 0.4) is 0 Å². The number of halogens is 2. The van der Waals surface area contributed by atoms with Crippen molar-refractivity contribution in [1.82, 2.24) is 24.1 Å². The van der Waals surface area contributed by atoms with E-state index >= 15 is 0 Å². The van der Waals surface area contributed by atoms with Crippen molar-refractivity contribution in [3.05, 3.63) is 175 Å². The van der Waals surface area contributed by atoms with Gasteiger partial charge in [-0.15, -0.1) is 0 Å². The van der Waals surface area contributed by atoms with Gasteiger partial charge >= 0.3 is 0 Å². The van der Waals surface area contributed by atoms with Crippen LogP contribution in [-0.4, -0.2) is 40.9 Å². The Morgan fingerprint density at radius 1 is 0.375 bits per heavy atom. The molecule has 0 saturated heterocycles. The van der Waals surface area contributed by atoms with Crippen LogP contribution >= 0.6 is 0 Å². The number of aromatic nitrogens is 5. The highest BCUT2D eigenvalue weighted by Crippen LogP contribution is 2.33. The smallest absolute Gasteiger partial charge is 0.206 e. The number of fused-ring (bicyclic) bond motifs is 2. The van der Waals surface area contributed by atoms with E-state index in [0.717, 1.165) is 35.3 Å². The molecule has 0 aliphatic carbocycles. The average molecular weight is 780 g/mol. The zero-order valence-electron chi connectivity index (χ0n) is 29.0. The molecule has 3 heterocycles.